The third-order valence-corrected chi connectivity index (χ3v) is 6.68. The van der Waals surface area contributed by atoms with Crippen LogP contribution < -0.4 is 9.50 Å². The lowest BCUT2D eigenvalue weighted by atomic mass is 10.1. The summed E-state index contributed by atoms with van der Waals surface area (Å²) in [6, 6.07) is 26.0. The maximum Gasteiger partial charge on any atom is 0.339 e. The highest BCUT2D eigenvalue weighted by atomic mass is 32.2. The summed E-state index contributed by atoms with van der Waals surface area (Å²) in [4.78, 5) is 24.5. The lowest BCUT2D eigenvalue weighted by Crippen LogP contribution is -2.14. The minimum atomic E-state index is -4.20. The molecule has 0 unspecified atom stereocenters. The molecular formula is C29H22N2O6S. The Labute approximate surface area is 219 Å². The molecule has 0 fully saturated rings. The van der Waals surface area contributed by atoms with E-state index >= 15 is 0 Å². The molecule has 38 heavy (non-hydrogen) atoms. The smallest absolute Gasteiger partial charge is 0.339 e. The van der Waals surface area contributed by atoms with E-state index in [9.17, 15) is 23.3 Å². The van der Waals surface area contributed by atoms with Gasteiger partial charge in [0.15, 0.2) is 0 Å². The van der Waals surface area contributed by atoms with Crippen molar-refractivity contribution in [1.29, 1.82) is 5.26 Å². The number of para-hydroxylation sites is 1. The maximum absolute atomic E-state index is 13.0. The fourth-order valence-corrected chi connectivity index (χ4v) is 4.56. The van der Waals surface area contributed by atoms with E-state index in [2.05, 4.69) is 5.32 Å². The van der Waals surface area contributed by atoms with Crippen molar-refractivity contribution in [2.75, 3.05) is 11.9 Å². The molecule has 190 valence electrons. The molecule has 0 radical (unpaired) electrons. The van der Waals surface area contributed by atoms with Crippen molar-refractivity contribution in [3.63, 3.8) is 0 Å². The maximum atomic E-state index is 13.0. The molecule has 4 aromatic rings. The van der Waals surface area contributed by atoms with E-state index in [1.54, 1.807) is 31.2 Å². The number of nitrogens with one attached hydrogen (secondary N) is 1. The molecular weight excluding hydrogens is 504 g/mol. The number of benzene rings is 4. The largest absolute Gasteiger partial charge is 0.462 e. The first kappa shape index (κ1) is 26.1. The number of ether oxygens (including phenoxy) is 1. The number of rotatable bonds is 8. The molecule has 4 rings (SSSR count). The fourth-order valence-electron chi connectivity index (χ4n) is 3.57. The van der Waals surface area contributed by atoms with Crippen LogP contribution in [0.25, 0.3) is 16.8 Å². The quantitative estimate of drug-likeness (QED) is 0.142. The lowest BCUT2D eigenvalue weighted by molar-refractivity contribution is -0.112. The van der Waals surface area contributed by atoms with E-state index in [-0.39, 0.29) is 28.4 Å². The van der Waals surface area contributed by atoms with E-state index < -0.39 is 22.0 Å². The number of nitrogens with zero attached hydrogens (tertiary/aromatic N) is 1. The van der Waals surface area contributed by atoms with Crippen LogP contribution in [-0.4, -0.2) is 26.9 Å². The number of esters is 1. The molecule has 0 saturated heterocycles. The summed E-state index contributed by atoms with van der Waals surface area (Å²) in [5.41, 5.74) is 0.618. The predicted molar refractivity (Wildman–Crippen MR) is 143 cm³/mol. The number of hydrogen-bond donors (Lipinski definition) is 1. The zero-order valence-corrected chi connectivity index (χ0v) is 21.1. The summed E-state index contributed by atoms with van der Waals surface area (Å²) >= 11 is 0. The van der Waals surface area contributed by atoms with Crippen molar-refractivity contribution in [3.8, 4) is 11.8 Å². The number of amides is 1. The molecule has 0 bridgehead atoms. The summed E-state index contributed by atoms with van der Waals surface area (Å²) in [5, 5.41) is 13.8. The molecule has 1 amide bonds. The van der Waals surface area contributed by atoms with Gasteiger partial charge in [0.2, 0.25) is 0 Å². The van der Waals surface area contributed by atoms with Gasteiger partial charge in [-0.2, -0.15) is 13.7 Å². The highest BCUT2D eigenvalue weighted by Crippen LogP contribution is 2.27. The lowest BCUT2D eigenvalue weighted by Gasteiger charge is -2.11. The third-order valence-electron chi connectivity index (χ3n) is 5.45. The second-order valence-corrected chi connectivity index (χ2v) is 9.55. The Bertz CT molecular complexity index is 1690. The van der Waals surface area contributed by atoms with Gasteiger partial charge in [-0.1, -0.05) is 48.5 Å². The highest BCUT2D eigenvalue weighted by molar-refractivity contribution is 7.87. The Morgan fingerprint density at radius 3 is 2.32 bits per heavy atom. The summed E-state index contributed by atoms with van der Waals surface area (Å²) in [6.45, 7) is 1.94. The van der Waals surface area contributed by atoms with Gasteiger partial charge in [0, 0.05) is 11.3 Å². The van der Waals surface area contributed by atoms with Crippen LogP contribution in [0.4, 0.5) is 5.69 Å². The van der Waals surface area contributed by atoms with Crippen molar-refractivity contribution in [2.24, 2.45) is 0 Å². The molecule has 4 aromatic carbocycles. The minimum Gasteiger partial charge on any atom is -0.462 e. The fraction of sp³-hybridized carbons (Fsp3) is 0.0690. The van der Waals surface area contributed by atoms with Crippen LogP contribution in [0.5, 0.6) is 5.75 Å². The topological polar surface area (TPSA) is 123 Å². The standard InChI is InChI=1S/C29H22N2O6S/c1-2-36-29(33)21-11-14-25(15-12-21)31-28(32)24(19-30)17-23-9-5-6-10-27(23)37-38(34,35)26-16-13-20-7-3-4-8-22(20)18-26/h3-18H,2H2,1H3,(H,31,32)/b24-17+. The van der Waals surface area contributed by atoms with E-state index in [1.807, 2.05) is 24.3 Å². The zero-order chi connectivity index (χ0) is 27.1. The van der Waals surface area contributed by atoms with Crippen molar-refractivity contribution in [2.45, 2.75) is 11.8 Å². The van der Waals surface area contributed by atoms with Crippen LogP contribution in [-0.2, 0) is 19.6 Å². The first-order chi connectivity index (χ1) is 18.3. The Hall–Kier alpha value is -4.94. The Morgan fingerprint density at radius 1 is 0.921 bits per heavy atom. The van der Waals surface area contributed by atoms with E-state index in [0.29, 0.717) is 11.3 Å². The molecule has 0 saturated carbocycles. The molecule has 8 nitrogen and oxygen atoms in total. The molecule has 0 aliphatic rings. The number of carbonyl (C=O) groups is 2. The predicted octanol–water partition coefficient (Wildman–Crippen LogP) is 5.33. The Kier molecular flexibility index (Phi) is 7.85. The van der Waals surface area contributed by atoms with Gasteiger partial charge in [0.25, 0.3) is 5.91 Å². The molecule has 0 atom stereocenters. The van der Waals surface area contributed by atoms with Crippen LogP contribution in [0.3, 0.4) is 0 Å². The third kappa shape index (κ3) is 6.06. The molecule has 1 N–H and O–H groups in total. The van der Waals surface area contributed by atoms with Gasteiger partial charge >= 0.3 is 16.1 Å². The second kappa shape index (κ2) is 11.4. The summed E-state index contributed by atoms with van der Waals surface area (Å²) in [5.74, 6) is -1.25. The number of fused-ring (bicyclic) bond motifs is 1. The van der Waals surface area contributed by atoms with Crippen molar-refractivity contribution in [1.82, 2.24) is 0 Å². The normalized spacial score (nSPS) is 11.4. The van der Waals surface area contributed by atoms with Crippen LogP contribution >= 0.6 is 0 Å². The van der Waals surface area contributed by atoms with Crippen molar-refractivity contribution in [3.05, 3.63) is 108 Å². The van der Waals surface area contributed by atoms with Crippen LogP contribution in [0.1, 0.15) is 22.8 Å². The molecule has 0 aliphatic carbocycles. The van der Waals surface area contributed by atoms with Crippen LogP contribution in [0.15, 0.2) is 101 Å². The van der Waals surface area contributed by atoms with Gasteiger partial charge in [0.1, 0.15) is 22.3 Å². The Morgan fingerprint density at radius 2 is 1.61 bits per heavy atom. The summed E-state index contributed by atoms with van der Waals surface area (Å²) < 4.78 is 36.4. The van der Waals surface area contributed by atoms with E-state index in [4.69, 9.17) is 8.92 Å². The number of anilines is 1. The minimum absolute atomic E-state index is 0.0282. The zero-order valence-electron chi connectivity index (χ0n) is 20.2. The number of carbonyl (C=O) groups excluding carboxylic acids is 2. The van der Waals surface area contributed by atoms with E-state index in [0.717, 1.165) is 10.8 Å². The molecule has 0 aliphatic heterocycles. The summed E-state index contributed by atoms with van der Waals surface area (Å²) in [6.07, 6.45) is 1.24. The van der Waals surface area contributed by atoms with Crippen LogP contribution in [0.2, 0.25) is 0 Å². The number of hydrogen-bond acceptors (Lipinski definition) is 7. The summed E-state index contributed by atoms with van der Waals surface area (Å²) in [7, 11) is -4.20. The molecule has 0 heterocycles. The van der Waals surface area contributed by atoms with Gasteiger partial charge in [0.05, 0.1) is 12.2 Å². The monoisotopic (exact) mass is 526 g/mol. The average Bonchev–Trinajstić information content (AvgIpc) is 2.92. The van der Waals surface area contributed by atoms with Crippen molar-refractivity contribution >= 4 is 44.5 Å². The van der Waals surface area contributed by atoms with E-state index in [1.165, 1.54) is 54.6 Å². The second-order valence-electron chi connectivity index (χ2n) is 8.01. The number of nitriles is 1. The van der Waals surface area contributed by atoms with Gasteiger partial charge in [-0.3, -0.25) is 4.79 Å². The Balaban J connectivity index is 1.56. The van der Waals surface area contributed by atoms with Crippen LogP contribution in [0, 0.1) is 11.3 Å². The molecule has 9 heteroatoms. The van der Waals surface area contributed by atoms with Gasteiger partial charge in [-0.05, 0) is 66.2 Å². The van der Waals surface area contributed by atoms with Gasteiger partial charge in [-0.25, -0.2) is 4.79 Å². The first-order valence-corrected chi connectivity index (χ1v) is 12.9. The van der Waals surface area contributed by atoms with Gasteiger partial charge in [-0.15, -0.1) is 0 Å². The molecule has 0 aromatic heterocycles. The highest BCUT2D eigenvalue weighted by Gasteiger charge is 2.19. The average molecular weight is 527 g/mol. The van der Waals surface area contributed by atoms with Gasteiger partial charge < -0.3 is 14.2 Å². The molecule has 0 spiro atoms. The first-order valence-electron chi connectivity index (χ1n) is 11.5. The SMILES string of the molecule is CCOC(=O)c1ccc(NC(=O)/C(C#N)=C/c2ccccc2OS(=O)(=O)c2ccc3ccccc3c2)cc1. The van der Waals surface area contributed by atoms with Crippen molar-refractivity contribution < 1.29 is 26.9 Å².